The van der Waals surface area contributed by atoms with E-state index in [0.29, 0.717) is 12.4 Å². The Labute approximate surface area is 136 Å². The molecule has 0 bridgehead atoms. The summed E-state index contributed by atoms with van der Waals surface area (Å²) in [6.45, 7) is 6.79. The number of aliphatic imine (C=N–C) groups is 1. The molecule has 0 unspecified atom stereocenters. The van der Waals surface area contributed by atoms with Crippen molar-refractivity contribution in [3.63, 3.8) is 0 Å². The van der Waals surface area contributed by atoms with Crippen LogP contribution in [0, 0.1) is 13.8 Å². The number of amidine groups is 1. The zero-order valence-electron chi connectivity index (χ0n) is 13.2. The Morgan fingerprint density at radius 1 is 1.14 bits per heavy atom. The lowest BCUT2D eigenvalue weighted by Crippen LogP contribution is -2.12. The maximum absolute atomic E-state index is 5.70. The van der Waals surface area contributed by atoms with Crippen LogP contribution in [0.4, 0.5) is 5.69 Å². The molecule has 0 saturated carbocycles. The van der Waals surface area contributed by atoms with E-state index >= 15 is 0 Å². The lowest BCUT2D eigenvalue weighted by molar-refractivity contribution is 0.335. The fourth-order valence-electron chi connectivity index (χ4n) is 2.44. The minimum Gasteiger partial charge on any atom is -0.493 e. The minimum atomic E-state index is 0.228. The average Bonchev–Trinajstić information content (AvgIpc) is 2.51. The van der Waals surface area contributed by atoms with Crippen LogP contribution in [0.2, 0.25) is 0 Å². The van der Waals surface area contributed by atoms with E-state index in [0.717, 1.165) is 33.7 Å². The predicted molar refractivity (Wildman–Crippen MR) is 94.5 cm³/mol. The van der Waals surface area contributed by atoms with Gasteiger partial charge in [-0.1, -0.05) is 12.1 Å². The summed E-state index contributed by atoms with van der Waals surface area (Å²) in [4.78, 5) is 4.29. The van der Waals surface area contributed by atoms with E-state index in [4.69, 9.17) is 22.1 Å². The number of aryl methyl sites for hydroxylation is 2. The molecular formula is C18H21ClN2O. The molecule has 4 heteroatoms. The van der Waals surface area contributed by atoms with Crippen molar-refractivity contribution in [2.75, 3.05) is 12.5 Å². The van der Waals surface area contributed by atoms with Crippen LogP contribution in [0.25, 0.3) is 11.1 Å². The molecule has 0 aliphatic heterocycles. The summed E-state index contributed by atoms with van der Waals surface area (Å²) >= 11 is 5.68. The SMILES string of the molecule is CCOc1c(C)cc(-c2cccc(N=C(N)CCl)c2)cc1C. The third-order valence-corrected chi connectivity index (χ3v) is 3.61. The van der Waals surface area contributed by atoms with E-state index in [1.807, 2.05) is 25.1 Å². The van der Waals surface area contributed by atoms with Gasteiger partial charge in [-0.05, 0) is 67.3 Å². The fourth-order valence-corrected chi connectivity index (χ4v) is 2.50. The second kappa shape index (κ2) is 7.32. The molecule has 0 radical (unpaired) electrons. The lowest BCUT2D eigenvalue weighted by atomic mass is 9.99. The molecule has 2 N–H and O–H groups in total. The van der Waals surface area contributed by atoms with Crippen LogP contribution in [0.5, 0.6) is 5.75 Å². The highest BCUT2D eigenvalue weighted by atomic mass is 35.5. The highest BCUT2D eigenvalue weighted by Gasteiger charge is 2.08. The van der Waals surface area contributed by atoms with E-state index in [1.165, 1.54) is 0 Å². The predicted octanol–water partition coefficient (Wildman–Crippen LogP) is 4.60. The summed E-state index contributed by atoms with van der Waals surface area (Å²) in [6.07, 6.45) is 0. The maximum atomic E-state index is 5.70. The first kappa shape index (κ1) is 16.4. The first-order chi connectivity index (χ1) is 10.5. The highest BCUT2D eigenvalue weighted by Crippen LogP contribution is 2.31. The van der Waals surface area contributed by atoms with Crippen molar-refractivity contribution in [1.82, 2.24) is 0 Å². The standard InChI is InChI=1S/C18H21ClN2O/c1-4-22-18-12(2)8-15(9-13(18)3)14-6-5-7-16(10-14)21-17(20)11-19/h5-10H,4,11H2,1-3H3,(H2,20,21). The number of nitrogens with two attached hydrogens (primary N) is 1. The third-order valence-electron chi connectivity index (χ3n) is 3.34. The van der Waals surface area contributed by atoms with Gasteiger partial charge in [-0.15, -0.1) is 11.6 Å². The molecule has 3 nitrogen and oxygen atoms in total. The number of nitrogens with zero attached hydrogens (tertiary/aromatic N) is 1. The number of rotatable bonds is 5. The summed E-state index contributed by atoms with van der Waals surface area (Å²) in [5.41, 5.74) is 11.0. The average molecular weight is 317 g/mol. The molecule has 0 fully saturated rings. The molecule has 0 aliphatic rings. The summed E-state index contributed by atoms with van der Waals surface area (Å²) in [5.74, 6) is 1.61. The van der Waals surface area contributed by atoms with Gasteiger partial charge >= 0.3 is 0 Å². The number of benzene rings is 2. The summed E-state index contributed by atoms with van der Waals surface area (Å²) in [7, 11) is 0. The zero-order valence-corrected chi connectivity index (χ0v) is 13.9. The van der Waals surface area contributed by atoms with Gasteiger partial charge in [0.2, 0.25) is 0 Å². The largest absolute Gasteiger partial charge is 0.493 e. The molecular weight excluding hydrogens is 296 g/mol. The quantitative estimate of drug-likeness (QED) is 0.498. The molecule has 0 atom stereocenters. The molecule has 2 rings (SSSR count). The van der Waals surface area contributed by atoms with Crippen LogP contribution in [0.3, 0.4) is 0 Å². The Hall–Kier alpha value is -2.00. The Kier molecular flexibility index (Phi) is 5.45. The zero-order chi connectivity index (χ0) is 16.1. The van der Waals surface area contributed by atoms with Crippen LogP contribution in [-0.4, -0.2) is 18.3 Å². The molecule has 0 aliphatic carbocycles. The number of alkyl halides is 1. The van der Waals surface area contributed by atoms with Crippen molar-refractivity contribution >= 4 is 23.1 Å². The van der Waals surface area contributed by atoms with E-state index in [9.17, 15) is 0 Å². The molecule has 2 aromatic carbocycles. The highest BCUT2D eigenvalue weighted by molar-refractivity contribution is 6.28. The summed E-state index contributed by atoms with van der Waals surface area (Å²) in [5, 5.41) is 0. The number of hydrogen-bond acceptors (Lipinski definition) is 2. The van der Waals surface area contributed by atoms with Gasteiger partial charge in [0.05, 0.1) is 18.2 Å². The summed E-state index contributed by atoms with van der Waals surface area (Å²) < 4.78 is 5.70. The Balaban J connectivity index is 2.42. The van der Waals surface area contributed by atoms with Crippen LogP contribution in [0.15, 0.2) is 41.4 Å². The lowest BCUT2D eigenvalue weighted by Gasteiger charge is -2.13. The monoisotopic (exact) mass is 316 g/mol. The normalized spacial score (nSPS) is 11.5. The first-order valence-corrected chi connectivity index (χ1v) is 7.82. The van der Waals surface area contributed by atoms with Gasteiger partial charge in [0.25, 0.3) is 0 Å². The van der Waals surface area contributed by atoms with Gasteiger partial charge in [-0.3, -0.25) is 0 Å². The maximum Gasteiger partial charge on any atom is 0.125 e. The molecule has 2 aromatic rings. The van der Waals surface area contributed by atoms with Crippen molar-refractivity contribution in [1.29, 1.82) is 0 Å². The van der Waals surface area contributed by atoms with Crippen molar-refractivity contribution in [2.45, 2.75) is 20.8 Å². The number of halogens is 1. The van der Waals surface area contributed by atoms with E-state index in [-0.39, 0.29) is 5.88 Å². The molecule has 0 heterocycles. The fraction of sp³-hybridized carbons (Fsp3) is 0.278. The Bertz CT molecular complexity index is 672. The Morgan fingerprint density at radius 2 is 1.82 bits per heavy atom. The number of hydrogen-bond donors (Lipinski definition) is 1. The number of ether oxygens (including phenoxy) is 1. The van der Waals surface area contributed by atoms with Gasteiger partial charge in [-0.25, -0.2) is 4.99 Å². The van der Waals surface area contributed by atoms with Crippen LogP contribution >= 0.6 is 11.6 Å². The van der Waals surface area contributed by atoms with Gasteiger partial charge in [-0.2, -0.15) is 0 Å². The van der Waals surface area contributed by atoms with Crippen LogP contribution < -0.4 is 10.5 Å². The van der Waals surface area contributed by atoms with Gasteiger partial charge in [0.15, 0.2) is 0 Å². The Morgan fingerprint density at radius 3 is 2.41 bits per heavy atom. The first-order valence-electron chi connectivity index (χ1n) is 7.28. The second-order valence-corrected chi connectivity index (χ2v) is 5.43. The third kappa shape index (κ3) is 3.80. The van der Waals surface area contributed by atoms with Gasteiger partial charge < -0.3 is 10.5 Å². The molecule has 0 aromatic heterocycles. The molecule has 22 heavy (non-hydrogen) atoms. The van der Waals surface area contributed by atoms with E-state index in [2.05, 4.69) is 37.0 Å². The minimum absolute atomic E-state index is 0.228. The molecule has 0 saturated heterocycles. The second-order valence-electron chi connectivity index (χ2n) is 5.16. The van der Waals surface area contributed by atoms with Crippen molar-refractivity contribution in [3.8, 4) is 16.9 Å². The summed E-state index contributed by atoms with van der Waals surface area (Å²) in [6, 6.07) is 12.2. The smallest absolute Gasteiger partial charge is 0.125 e. The van der Waals surface area contributed by atoms with Gasteiger partial charge in [0.1, 0.15) is 11.6 Å². The van der Waals surface area contributed by atoms with Gasteiger partial charge in [0, 0.05) is 0 Å². The molecule has 0 amide bonds. The van der Waals surface area contributed by atoms with Crippen molar-refractivity contribution < 1.29 is 4.74 Å². The molecule has 0 spiro atoms. The van der Waals surface area contributed by atoms with Crippen LogP contribution in [0.1, 0.15) is 18.1 Å². The van der Waals surface area contributed by atoms with E-state index < -0.39 is 0 Å². The van der Waals surface area contributed by atoms with E-state index in [1.54, 1.807) is 0 Å². The van der Waals surface area contributed by atoms with Crippen LogP contribution in [-0.2, 0) is 0 Å². The topological polar surface area (TPSA) is 47.6 Å². The van der Waals surface area contributed by atoms with Crippen molar-refractivity contribution in [2.24, 2.45) is 10.7 Å². The van der Waals surface area contributed by atoms with Crippen molar-refractivity contribution in [3.05, 3.63) is 47.5 Å². The molecule has 116 valence electrons.